The Labute approximate surface area is 260 Å². The van der Waals surface area contributed by atoms with Crippen molar-refractivity contribution < 1.29 is 19.4 Å². The molecule has 0 unspecified atom stereocenters. The van der Waals surface area contributed by atoms with Crippen molar-refractivity contribution in [1.29, 1.82) is 0 Å². The van der Waals surface area contributed by atoms with Gasteiger partial charge in [0.1, 0.15) is 11.1 Å². The molecule has 0 heterocycles. The molecule has 7 heteroatoms. The van der Waals surface area contributed by atoms with Crippen LogP contribution in [0.2, 0.25) is 0 Å². The van der Waals surface area contributed by atoms with Crippen molar-refractivity contribution in [3.63, 3.8) is 0 Å². The zero-order chi connectivity index (χ0) is 31.7. The lowest BCUT2D eigenvalue weighted by Crippen LogP contribution is -2.63. The largest absolute Gasteiger partial charge is 0.444 e. The quantitative estimate of drug-likeness (QED) is 0.168. The van der Waals surface area contributed by atoms with Crippen LogP contribution in [0.15, 0.2) is 109 Å². The van der Waals surface area contributed by atoms with Gasteiger partial charge in [-0.1, -0.05) is 116 Å². The van der Waals surface area contributed by atoms with Gasteiger partial charge in [0.2, 0.25) is 5.91 Å². The van der Waals surface area contributed by atoms with Crippen molar-refractivity contribution in [1.82, 2.24) is 10.6 Å². The van der Waals surface area contributed by atoms with Crippen molar-refractivity contribution in [3.05, 3.63) is 120 Å². The highest BCUT2D eigenvalue weighted by molar-refractivity contribution is 5.87. The first-order valence-electron chi connectivity index (χ1n) is 15.0. The highest BCUT2D eigenvalue weighted by Gasteiger charge is 2.43. The van der Waals surface area contributed by atoms with Crippen molar-refractivity contribution in [2.45, 2.75) is 57.9 Å². The Morgan fingerprint density at radius 1 is 0.773 bits per heavy atom. The second-order valence-electron chi connectivity index (χ2n) is 12.2. The van der Waals surface area contributed by atoms with E-state index in [0.717, 1.165) is 33.4 Å². The number of carbonyl (C=O) groups is 2. The lowest BCUT2D eigenvalue weighted by Gasteiger charge is -2.37. The maximum absolute atomic E-state index is 14.0. The van der Waals surface area contributed by atoms with Gasteiger partial charge >= 0.3 is 6.09 Å². The molecule has 0 aromatic heterocycles. The second kappa shape index (κ2) is 14.3. The monoisotopic (exact) mass is 593 g/mol. The highest BCUT2D eigenvalue weighted by atomic mass is 16.6. The van der Waals surface area contributed by atoms with Crippen molar-refractivity contribution >= 4 is 12.0 Å². The molecule has 230 valence electrons. The van der Waals surface area contributed by atoms with Gasteiger partial charge in [-0.25, -0.2) is 4.79 Å². The predicted octanol–water partition coefficient (Wildman–Crippen LogP) is 6.10. The average Bonchev–Trinajstić information content (AvgIpc) is 3.02. The van der Waals surface area contributed by atoms with E-state index < -0.39 is 35.2 Å². The molecule has 0 radical (unpaired) electrons. The molecule has 0 aliphatic carbocycles. The zero-order valence-electron chi connectivity index (χ0n) is 25.9. The van der Waals surface area contributed by atoms with Gasteiger partial charge in [-0.3, -0.25) is 4.79 Å². The Balaban J connectivity index is 1.55. The van der Waals surface area contributed by atoms with Crippen molar-refractivity contribution in [2.75, 3.05) is 6.54 Å². The van der Waals surface area contributed by atoms with Crippen LogP contribution in [0.3, 0.4) is 0 Å². The number of nitrogens with two attached hydrogens (primary N) is 1. The number of rotatable bonds is 11. The Hall–Kier alpha value is -4.46. The molecule has 0 bridgehead atoms. The SMILES string of the molecule is C[C@@H]([C@H](O)CNC(=O)OC(C)(C)C)[C@](N)(Cc1ccc(-c2ccccc2)cc1)C(=O)NCc1ccccc1-c1ccccc1. The summed E-state index contributed by atoms with van der Waals surface area (Å²) in [6.07, 6.45) is -1.58. The van der Waals surface area contributed by atoms with Gasteiger partial charge < -0.3 is 26.2 Å². The molecule has 2 amide bonds. The van der Waals surface area contributed by atoms with Gasteiger partial charge in [0, 0.05) is 19.0 Å². The maximum Gasteiger partial charge on any atom is 0.407 e. The molecule has 4 aromatic rings. The fourth-order valence-electron chi connectivity index (χ4n) is 5.17. The van der Waals surface area contributed by atoms with Crippen LogP contribution in [0.1, 0.15) is 38.8 Å². The van der Waals surface area contributed by atoms with E-state index in [0.29, 0.717) is 0 Å². The Morgan fingerprint density at radius 3 is 1.93 bits per heavy atom. The summed E-state index contributed by atoms with van der Waals surface area (Å²) in [5.74, 6) is -1.12. The van der Waals surface area contributed by atoms with E-state index in [1.807, 2.05) is 109 Å². The number of aliphatic hydroxyl groups is 1. The lowest BCUT2D eigenvalue weighted by molar-refractivity contribution is -0.130. The molecule has 4 rings (SSSR count). The first-order valence-corrected chi connectivity index (χ1v) is 15.0. The molecule has 3 atom stereocenters. The summed E-state index contributed by atoms with van der Waals surface area (Å²) in [5.41, 5.74) is 10.8. The third kappa shape index (κ3) is 8.56. The molecule has 0 saturated carbocycles. The standard InChI is InChI=1S/C37H43N3O4/c1-26(33(41)25-40-35(43)44-36(2,3)4)37(38,23-27-19-21-29(22-20-27)28-13-7-5-8-14-28)34(42)39-24-31-17-11-12-18-32(31)30-15-9-6-10-16-30/h5-22,26,33,41H,23-25,38H2,1-4H3,(H,39,42)(H,40,43)/t26-,33+,37+/m0/s1. The molecule has 0 spiro atoms. The Morgan fingerprint density at radius 2 is 1.32 bits per heavy atom. The average molecular weight is 594 g/mol. The summed E-state index contributed by atoms with van der Waals surface area (Å²) in [4.78, 5) is 26.3. The molecule has 4 aromatic carbocycles. The second-order valence-corrected chi connectivity index (χ2v) is 12.2. The predicted molar refractivity (Wildman–Crippen MR) is 176 cm³/mol. The van der Waals surface area contributed by atoms with E-state index in [-0.39, 0.29) is 19.5 Å². The van der Waals surface area contributed by atoms with Crippen LogP contribution in [0, 0.1) is 5.92 Å². The molecule has 7 nitrogen and oxygen atoms in total. The smallest absolute Gasteiger partial charge is 0.407 e. The van der Waals surface area contributed by atoms with Crippen LogP contribution in [0.4, 0.5) is 4.79 Å². The first-order chi connectivity index (χ1) is 21.0. The van der Waals surface area contributed by atoms with Gasteiger partial charge in [-0.15, -0.1) is 0 Å². The number of hydrogen-bond acceptors (Lipinski definition) is 5. The van der Waals surface area contributed by atoms with Gasteiger partial charge in [0.05, 0.1) is 6.10 Å². The van der Waals surface area contributed by atoms with Crippen molar-refractivity contribution in [2.24, 2.45) is 11.7 Å². The summed E-state index contributed by atoms with van der Waals surface area (Å²) in [5, 5.41) is 16.8. The molecule has 0 saturated heterocycles. The van der Waals surface area contributed by atoms with E-state index in [2.05, 4.69) is 10.6 Å². The topological polar surface area (TPSA) is 114 Å². The summed E-state index contributed by atoms with van der Waals surface area (Å²) in [6, 6.07) is 35.9. The lowest BCUT2D eigenvalue weighted by atomic mass is 9.76. The van der Waals surface area contributed by atoms with Gasteiger partial charge in [0.25, 0.3) is 0 Å². The van der Waals surface area contributed by atoms with E-state index in [1.54, 1.807) is 27.7 Å². The van der Waals surface area contributed by atoms with Gasteiger partial charge in [0.15, 0.2) is 0 Å². The molecule has 0 aliphatic heterocycles. The Bertz CT molecular complexity index is 1520. The summed E-state index contributed by atoms with van der Waals surface area (Å²) in [7, 11) is 0. The number of hydrogen-bond donors (Lipinski definition) is 4. The third-order valence-corrected chi connectivity index (χ3v) is 7.77. The van der Waals surface area contributed by atoms with E-state index in [4.69, 9.17) is 10.5 Å². The normalized spacial score (nSPS) is 14.1. The summed E-state index contributed by atoms with van der Waals surface area (Å²) < 4.78 is 5.31. The number of alkyl carbamates (subject to hydrolysis) is 1. The highest BCUT2D eigenvalue weighted by Crippen LogP contribution is 2.28. The fourth-order valence-corrected chi connectivity index (χ4v) is 5.17. The Kier molecular flexibility index (Phi) is 10.6. The zero-order valence-corrected chi connectivity index (χ0v) is 25.9. The number of carbonyl (C=O) groups excluding carboxylic acids is 2. The van der Waals surface area contributed by atoms with Gasteiger partial charge in [-0.2, -0.15) is 0 Å². The first kappa shape index (κ1) is 32.5. The number of benzene rings is 4. The van der Waals surface area contributed by atoms with E-state index >= 15 is 0 Å². The van der Waals surface area contributed by atoms with E-state index in [1.165, 1.54) is 0 Å². The van der Waals surface area contributed by atoms with Gasteiger partial charge in [-0.05, 0) is 60.6 Å². The molecule has 0 fully saturated rings. The van der Waals surface area contributed by atoms with Crippen molar-refractivity contribution in [3.8, 4) is 22.3 Å². The minimum absolute atomic E-state index is 0.119. The minimum Gasteiger partial charge on any atom is -0.444 e. The molecule has 0 aliphatic rings. The van der Waals surface area contributed by atoms with Crippen LogP contribution >= 0.6 is 0 Å². The molecular weight excluding hydrogens is 550 g/mol. The van der Waals surface area contributed by atoms with E-state index in [9.17, 15) is 14.7 Å². The summed E-state index contributed by atoms with van der Waals surface area (Å²) >= 11 is 0. The molecule has 44 heavy (non-hydrogen) atoms. The van der Waals surface area contributed by atoms with Crippen LogP contribution in [-0.2, 0) is 22.5 Å². The number of aliphatic hydroxyl groups excluding tert-OH is 1. The molecule has 5 N–H and O–H groups in total. The summed E-state index contributed by atoms with van der Waals surface area (Å²) in [6.45, 7) is 7.16. The van der Waals surface area contributed by atoms with Crippen LogP contribution in [-0.4, -0.2) is 40.9 Å². The number of ether oxygens (including phenoxy) is 1. The number of amides is 2. The van der Waals surface area contributed by atoms with Crippen LogP contribution < -0.4 is 16.4 Å². The van der Waals surface area contributed by atoms with Crippen LogP contribution in [0.5, 0.6) is 0 Å². The fraction of sp³-hybridized carbons (Fsp3) is 0.297. The number of nitrogens with one attached hydrogen (secondary N) is 2. The maximum atomic E-state index is 14.0. The third-order valence-electron chi connectivity index (χ3n) is 7.77. The van der Waals surface area contributed by atoms with Crippen LogP contribution in [0.25, 0.3) is 22.3 Å². The molecular formula is C37H43N3O4. The minimum atomic E-state index is -1.50.